The van der Waals surface area contributed by atoms with Gasteiger partial charge < -0.3 is 10.6 Å². The fourth-order valence-corrected chi connectivity index (χ4v) is 2.68. The minimum atomic E-state index is -3.45. The van der Waals surface area contributed by atoms with E-state index in [0.717, 1.165) is 6.26 Å². The van der Waals surface area contributed by atoms with Gasteiger partial charge in [-0.05, 0) is 37.3 Å². The first-order valence-electron chi connectivity index (χ1n) is 7.35. The maximum absolute atomic E-state index is 13.5. The van der Waals surface area contributed by atoms with E-state index in [1.54, 1.807) is 6.07 Å². The molecule has 0 aromatic heterocycles. The molecule has 0 saturated carbocycles. The lowest BCUT2D eigenvalue weighted by Gasteiger charge is -2.14. The van der Waals surface area contributed by atoms with E-state index >= 15 is 0 Å². The van der Waals surface area contributed by atoms with Gasteiger partial charge in [0.2, 0.25) is 5.91 Å². The first kappa shape index (κ1) is 18.6. The van der Waals surface area contributed by atoms with Gasteiger partial charge >= 0.3 is 0 Å². The molecule has 8 heteroatoms. The van der Waals surface area contributed by atoms with Crippen LogP contribution in [0.4, 0.5) is 10.1 Å². The molecular formula is C17H17FN2O4S. The molecule has 25 heavy (non-hydrogen) atoms. The summed E-state index contributed by atoms with van der Waals surface area (Å²) in [5.74, 6) is -1.80. The van der Waals surface area contributed by atoms with Crippen LogP contribution in [0.5, 0.6) is 0 Å². The SMILES string of the molecule is CC(NC(=O)c1cccc(S(C)(=O)=O)c1)C(=O)Nc1ccccc1F. The third kappa shape index (κ3) is 4.87. The highest BCUT2D eigenvalue weighted by atomic mass is 32.2. The molecule has 0 aliphatic carbocycles. The number of carbonyl (C=O) groups excluding carboxylic acids is 2. The second-order valence-corrected chi connectivity index (χ2v) is 7.48. The van der Waals surface area contributed by atoms with Gasteiger partial charge in [-0.1, -0.05) is 18.2 Å². The standard InChI is InChI=1S/C17H17FN2O4S/c1-11(16(21)20-15-9-4-3-8-14(15)18)19-17(22)12-6-5-7-13(10-12)25(2,23)24/h3-11H,1-2H3,(H,19,22)(H,20,21). The molecule has 1 atom stereocenters. The number of para-hydroxylation sites is 1. The molecule has 0 heterocycles. The first-order valence-corrected chi connectivity index (χ1v) is 9.24. The summed E-state index contributed by atoms with van der Waals surface area (Å²) in [6.07, 6.45) is 1.04. The van der Waals surface area contributed by atoms with Crippen molar-refractivity contribution in [3.05, 3.63) is 59.9 Å². The molecule has 0 bridgehead atoms. The molecule has 132 valence electrons. The van der Waals surface area contributed by atoms with E-state index in [2.05, 4.69) is 10.6 Å². The Morgan fingerprint density at radius 3 is 2.40 bits per heavy atom. The Balaban J connectivity index is 2.07. The second-order valence-electron chi connectivity index (χ2n) is 5.46. The van der Waals surface area contributed by atoms with Crippen molar-refractivity contribution < 1.29 is 22.4 Å². The lowest BCUT2D eigenvalue weighted by atomic mass is 10.2. The molecule has 2 amide bonds. The Morgan fingerprint density at radius 2 is 1.76 bits per heavy atom. The largest absolute Gasteiger partial charge is 0.341 e. The maximum Gasteiger partial charge on any atom is 0.251 e. The van der Waals surface area contributed by atoms with Crippen LogP contribution in [-0.4, -0.2) is 32.5 Å². The van der Waals surface area contributed by atoms with E-state index in [9.17, 15) is 22.4 Å². The third-order valence-electron chi connectivity index (χ3n) is 3.40. The van der Waals surface area contributed by atoms with Gasteiger partial charge in [0, 0.05) is 11.8 Å². The van der Waals surface area contributed by atoms with Crippen LogP contribution >= 0.6 is 0 Å². The zero-order valence-electron chi connectivity index (χ0n) is 13.6. The molecule has 0 radical (unpaired) electrons. The van der Waals surface area contributed by atoms with Crippen molar-refractivity contribution in [1.29, 1.82) is 0 Å². The Morgan fingerprint density at radius 1 is 1.08 bits per heavy atom. The minimum absolute atomic E-state index is 0.00334. The van der Waals surface area contributed by atoms with Gasteiger partial charge in [0.15, 0.2) is 9.84 Å². The summed E-state index contributed by atoms with van der Waals surface area (Å²) in [7, 11) is -3.45. The molecule has 2 aromatic rings. The highest BCUT2D eigenvalue weighted by Crippen LogP contribution is 2.13. The van der Waals surface area contributed by atoms with Crippen molar-refractivity contribution in [2.75, 3.05) is 11.6 Å². The second kappa shape index (κ2) is 7.43. The lowest BCUT2D eigenvalue weighted by molar-refractivity contribution is -0.117. The van der Waals surface area contributed by atoms with Crippen LogP contribution in [0, 0.1) is 5.82 Å². The Bertz CT molecular complexity index is 912. The predicted molar refractivity (Wildman–Crippen MR) is 91.5 cm³/mol. The van der Waals surface area contributed by atoms with Crippen LogP contribution < -0.4 is 10.6 Å². The molecule has 0 spiro atoms. The molecule has 2 aromatic carbocycles. The number of hydrogen-bond donors (Lipinski definition) is 2. The molecule has 0 aliphatic rings. The van der Waals surface area contributed by atoms with Crippen LogP contribution in [0.3, 0.4) is 0 Å². The minimum Gasteiger partial charge on any atom is -0.341 e. The van der Waals surface area contributed by atoms with Crippen LogP contribution in [0.2, 0.25) is 0 Å². The number of sulfone groups is 1. The summed E-state index contributed by atoms with van der Waals surface area (Å²) in [6.45, 7) is 1.44. The fourth-order valence-electron chi connectivity index (χ4n) is 2.02. The summed E-state index contributed by atoms with van der Waals surface area (Å²) in [4.78, 5) is 24.3. The zero-order valence-corrected chi connectivity index (χ0v) is 14.4. The number of halogens is 1. The maximum atomic E-state index is 13.5. The molecule has 0 aliphatic heterocycles. The normalized spacial score (nSPS) is 12.3. The van der Waals surface area contributed by atoms with Crippen molar-refractivity contribution in [1.82, 2.24) is 5.32 Å². The van der Waals surface area contributed by atoms with Gasteiger partial charge in [-0.3, -0.25) is 9.59 Å². The van der Waals surface area contributed by atoms with E-state index in [1.165, 1.54) is 49.4 Å². The van der Waals surface area contributed by atoms with Gasteiger partial charge in [-0.15, -0.1) is 0 Å². The van der Waals surface area contributed by atoms with Crippen LogP contribution in [0.1, 0.15) is 17.3 Å². The number of nitrogens with one attached hydrogen (secondary N) is 2. The topological polar surface area (TPSA) is 92.3 Å². The monoisotopic (exact) mass is 364 g/mol. The van der Waals surface area contributed by atoms with Gasteiger partial charge in [-0.2, -0.15) is 0 Å². The lowest BCUT2D eigenvalue weighted by Crippen LogP contribution is -2.41. The molecule has 2 N–H and O–H groups in total. The average Bonchev–Trinajstić information content (AvgIpc) is 2.56. The molecule has 0 saturated heterocycles. The fraction of sp³-hybridized carbons (Fsp3) is 0.176. The molecular weight excluding hydrogens is 347 g/mol. The highest BCUT2D eigenvalue weighted by molar-refractivity contribution is 7.90. The Labute approximate surface area is 145 Å². The number of benzene rings is 2. The predicted octanol–water partition coefficient (Wildman–Crippen LogP) is 1.99. The molecule has 1 unspecified atom stereocenters. The summed E-state index contributed by atoms with van der Waals surface area (Å²) < 4.78 is 36.6. The van der Waals surface area contributed by atoms with Crippen molar-refractivity contribution in [3.8, 4) is 0 Å². The van der Waals surface area contributed by atoms with Gasteiger partial charge in [0.1, 0.15) is 11.9 Å². The smallest absolute Gasteiger partial charge is 0.251 e. The van der Waals surface area contributed by atoms with Crippen molar-refractivity contribution in [3.63, 3.8) is 0 Å². The average molecular weight is 364 g/mol. The third-order valence-corrected chi connectivity index (χ3v) is 4.51. The number of amides is 2. The summed E-state index contributed by atoms with van der Waals surface area (Å²) in [6, 6.07) is 10.2. The quantitative estimate of drug-likeness (QED) is 0.849. The van der Waals surface area contributed by atoms with Gasteiger partial charge in [0.05, 0.1) is 10.6 Å². The Kier molecular flexibility index (Phi) is 5.53. The number of carbonyl (C=O) groups is 2. The van der Waals surface area contributed by atoms with E-state index in [-0.39, 0.29) is 16.1 Å². The van der Waals surface area contributed by atoms with Crippen molar-refractivity contribution >= 4 is 27.3 Å². The van der Waals surface area contributed by atoms with Crippen LogP contribution in [0.25, 0.3) is 0 Å². The first-order chi connectivity index (χ1) is 11.7. The molecule has 0 fully saturated rings. The zero-order chi connectivity index (χ0) is 18.6. The van der Waals surface area contributed by atoms with E-state index in [4.69, 9.17) is 0 Å². The van der Waals surface area contributed by atoms with Crippen LogP contribution in [-0.2, 0) is 14.6 Å². The molecule has 6 nitrogen and oxygen atoms in total. The Hall–Kier alpha value is -2.74. The number of rotatable bonds is 5. The van der Waals surface area contributed by atoms with Crippen LogP contribution in [0.15, 0.2) is 53.4 Å². The van der Waals surface area contributed by atoms with Crippen molar-refractivity contribution in [2.24, 2.45) is 0 Å². The molecule has 2 rings (SSSR count). The number of hydrogen-bond acceptors (Lipinski definition) is 4. The summed E-state index contributed by atoms with van der Waals surface area (Å²) in [5, 5.41) is 4.82. The van der Waals surface area contributed by atoms with Gasteiger partial charge in [-0.25, -0.2) is 12.8 Å². The summed E-state index contributed by atoms with van der Waals surface area (Å²) in [5.41, 5.74) is 0.112. The van der Waals surface area contributed by atoms with E-state index in [0.29, 0.717) is 0 Å². The number of anilines is 1. The highest BCUT2D eigenvalue weighted by Gasteiger charge is 2.19. The van der Waals surface area contributed by atoms with Gasteiger partial charge in [0.25, 0.3) is 5.91 Å². The van der Waals surface area contributed by atoms with E-state index < -0.39 is 33.5 Å². The van der Waals surface area contributed by atoms with Crippen molar-refractivity contribution in [2.45, 2.75) is 17.9 Å². The van der Waals surface area contributed by atoms with E-state index in [1.807, 2.05) is 0 Å². The summed E-state index contributed by atoms with van der Waals surface area (Å²) >= 11 is 0.